The Morgan fingerprint density at radius 1 is 1.33 bits per heavy atom. The predicted molar refractivity (Wildman–Crippen MR) is 62.8 cm³/mol. The maximum Gasteiger partial charge on any atom is 0.305 e. The number of carbonyl (C=O) groups excluding carboxylic acids is 1. The summed E-state index contributed by atoms with van der Waals surface area (Å²) in [6.45, 7) is 12.8. The average molecular weight is 215 g/mol. The molecule has 0 amide bonds. The summed E-state index contributed by atoms with van der Waals surface area (Å²) >= 11 is 0. The van der Waals surface area contributed by atoms with Gasteiger partial charge >= 0.3 is 5.97 Å². The van der Waals surface area contributed by atoms with Crippen molar-refractivity contribution in [3.8, 4) is 0 Å². The second-order valence-electron chi connectivity index (χ2n) is 4.51. The minimum Gasteiger partial charge on any atom is -0.469 e. The summed E-state index contributed by atoms with van der Waals surface area (Å²) < 4.78 is 4.71. The molecule has 0 aliphatic carbocycles. The molecule has 90 valence electrons. The lowest BCUT2D eigenvalue weighted by molar-refractivity contribution is -0.142. The maximum absolute atomic E-state index is 11.2. The molecule has 0 radical (unpaired) electrons. The molecule has 0 saturated heterocycles. The van der Waals surface area contributed by atoms with Gasteiger partial charge in [0, 0.05) is 12.0 Å². The molecule has 0 spiro atoms. The number of rotatable bonds is 6. The van der Waals surface area contributed by atoms with Gasteiger partial charge in [-0.25, -0.2) is 0 Å². The van der Waals surface area contributed by atoms with Gasteiger partial charge in [0.05, 0.1) is 7.11 Å². The van der Waals surface area contributed by atoms with E-state index in [0.29, 0.717) is 12.3 Å². The summed E-state index contributed by atoms with van der Waals surface area (Å²) in [6.07, 6.45) is 0.486. The van der Waals surface area contributed by atoms with Crippen LogP contribution < -0.4 is 0 Å². The first-order chi connectivity index (χ1) is 6.89. The number of hydrogen-bond acceptors (Lipinski definition) is 3. The van der Waals surface area contributed by atoms with E-state index in [1.54, 1.807) is 0 Å². The maximum atomic E-state index is 11.2. The van der Waals surface area contributed by atoms with Gasteiger partial charge in [-0.1, -0.05) is 20.8 Å². The molecule has 0 aromatic heterocycles. The van der Waals surface area contributed by atoms with Crippen LogP contribution >= 0.6 is 0 Å². The van der Waals surface area contributed by atoms with Gasteiger partial charge in [-0.2, -0.15) is 0 Å². The molecule has 0 aliphatic rings. The number of nitrogens with zero attached hydrogens (tertiary/aromatic N) is 1. The third kappa shape index (κ3) is 3.82. The number of carbonyl (C=O) groups is 1. The van der Waals surface area contributed by atoms with E-state index in [-0.39, 0.29) is 11.5 Å². The Bertz CT molecular complexity index is 198. The molecule has 0 saturated carbocycles. The summed E-state index contributed by atoms with van der Waals surface area (Å²) in [5.74, 6) is 0.174. The van der Waals surface area contributed by atoms with Crippen molar-refractivity contribution >= 4 is 5.97 Å². The third-order valence-corrected chi connectivity index (χ3v) is 3.48. The molecule has 0 aromatic rings. The van der Waals surface area contributed by atoms with Crippen molar-refractivity contribution in [2.24, 2.45) is 5.92 Å². The lowest BCUT2D eigenvalue weighted by atomic mass is 9.84. The molecule has 0 fully saturated rings. The Hall–Kier alpha value is -0.570. The van der Waals surface area contributed by atoms with Gasteiger partial charge in [-0.05, 0) is 32.9 Å². The average Bonchev–Trinajstić information content (AvgIpc) is 2.18. The smallest absolute Gasteiger partial charge is 0.305 e. The van der Waals surface area contributed by atoms with Gasteiger partial charge < -0.3 is 4.74 Å². The van der Waals surface area contributed by atoms with Crippen LogP contribution in [0, 0.1) is 5.92 Å². The highest BCUT2D eigenvalue weighted by Crippen LogP contribution is 2.26. The van der Waals surface area contributed by atoms with Crippen molar-refractivity contribution in [3.63, 3.8) is 0 Å². The van der Waals surface area contributed by atoms with E-state index in [4.69, 9.17) is 4.74 Å². The monoisotopic (exact) mass is 215 g/mol. The molecule has 15 heavy (non-hydrogen) atoms. The Kier molecular flexibility index (Phi) is 5.88. The van der Waals surface area contributed by atoms with Crippen molar-refractivity contribution in [2.75, 3.05) is 20.2 Å². The van der Waals surface area contributed by atoms with Crippen molar-refractivity contribution < 1.29 is 9.53 Å². The fraction of sp³-hybridized carbons (Fsp3) is 0.917. The first-order valence-corrected chi connectivity index (χ1v) is 5.71. The van der Waals surface area contributed by atoms with Gasteiger partial charge in [0.15, 0.2) is 0 Å². The highest BCUT2D eigenvalue weighted by Gasteiger charge is 2.32. The molecular weight excluding hydrogens is 190 g/mol. The minimum absolute atomic E-state index is 0.0394. The van der Waals surface area contributed by atoms with Crippen LogP contribution in [0.2, 0.25) is 0 Å². The normalized spacial score (nSPS) is 14.1. The number of esters is 1. The third-order valence-electron chi connectivity index (χ3n) is 3.48. The zero-order chi connectivity index (χ0) is 12.1. The van der Waals surface area contributed by atoms with Crippen LogP contribution in [0.1, 0.15) is 41.0 Å². The first kappa shape index (κ1) is 14.4. The van der Waals surface area contributed by atoms with Gasteiger partial charge in [-0.3, -0.25) is 9.69 Å². The van der Waals surface area contributed by atoms with Gasteiger partial charge in [0.25, 0.3) is 0 Å². The van der Waals surface area contributed by atoms with Crippen LogP contribution in [0.5, 0.6) is 0 Å². The van der Waals surface area contributed by atoms with E-state index in [1.807, 2.05) is 0 Å². The Morgan fingerprint density at radius 2 is 1.80 bits per heavy atom. The predicted octanol–water partition coefficient (Wildman–Crippen LogP) is 2.31. The standard InChI is InChI=1S/C12H25NO2/c1-7-13(8-2)12(4,5)10(3)9-11(14)15-6/h10H,7-9H2,1-6H3. The van der Waals surface area contributed by atoms with E-state index in [2.05, 4.69) is 39.5 Å². The fourth-order valence-corrected chi connectivity index (χ4v) is 1.93. The summed E-state index contributed by atoms with van der Waals surface area (Å²) in [5.41, 5.74) is 0.0394. The molecule has 0 aromatic carbocycles. The highest BCUT2D eigenvalue weighted by molar-refractivity contribution is 5.69. The van der Waals surface area contributed by atoms with Crippen LogP contribution in [0.15, 0.2) is 0 Å². The molecule has 3 heteroatoms. The van der Waals surface area contributed by atoms with Crippen LogP contribution in [0.4, 0.5) is 0 Å². The van der Waals surface area contributed by atoms with Crippen LogP contribution in [-0.2, 0) is 9.53 Å². The molecule has 3 nitrogen and oxygen atoms in total. The fourth-order valence-electron chi connectivity index (χ4n) is 1.93. The van der Waals surface area contributed by atoms with E-state index in [0.717, 1.165) is 13.1 Å². The van der Waals surface area contributed by atoms with Crippen molar-refractivity contribution in [3.05, 3.63) is 0 Å². The van der Waals surface area contributed by atoms with E-state index >= 15 is 0 Å². The largest absolute Gasteiger partial charge is 0.469 e. The van der Waals surface area contributed by atoms with E-state index < -0.39 is 0 Å². The Balaban J connectivity index is 4.48. The Labute approximate surface area is 93.8 Å². The molecule has 1 atom stereocenters. The molecule has 0 rings (SSSR count). The van der Waals surface area contributed by atoms with Gasteiger partial charge in [-0.15, -0.1) is 0 Å². The molecule has 0 N–H and O–H groups in total. The summed E-state index contributed by atoms with van der Waals surface area (Å²) in [6, 6.07) is 0. The zero-order valence-electron chi connectivity index (χ0n) is 11.0. The SMILES string of the molecule is CCN(CC)C(C)(C)C(C)CC(=O)OC. The number of methoxy groups -OCH3 is 1. The lowest BCUT2D eigenvalue weighted by Crippen LogP contribution is -2.49. The molecule has 0 heterocycles. The summed E-state index contributed by atoms with van der Waals surface area (Å²) in [7, 11) is 1.44. The van der Waals surface area contributed by atoms with E-state index in [9.17, 15) is 4.79 Å². The molecule has 0 aliphatic heterocycles. The lowest BCUT2D eigenvalue weighted by Gasteiger charge is -2.41. The molecule has 0 bridgehead atoms. The van der Waals surface area contributed by atoms with Crippen LogP contribution in [0.25, 0.3) is 0 Å². The summed E-state index contributed by atoms with van der Waals surface area (Å²) in [5, 5.41) is 0. The van der Waals surface area contributed by atoms with E-state index in [1.165, 1.54) is 7.11 Å². The summed E-state index contributed by atoms with van der Waals surface area (Å²) in [4.78, 5) is 13.6. The van der Waals surface area contributed by atoms with Crippen molar-refractivity contribution in [1.82, 2.24) is 4.90 Å². The second kappa shape index (κ2) is 6.11. The zero-order valence-corrected chi connectivity index (χ0v) is 11.0. The first-order valence-electron chi connectivity index (χ1n) is 5.71. The van der Waals surface area contributed by atoms with Crippen molar-refractivity contribution in [1.29, 1.82) is 0 Å². The van der Waals surface area contributed by atoms with Crippen LogP contribution in [-0.4, -0.2) is 36.6 Å². The van der Waals surface area contributed by atoms with Crippen molar-refractivity contribution in [2.45, 2.75) is 46.6 Å². The Morgan fingerprint density at radius 3 is 2.13 bits per heavy atom. The van der Waals surface area contributed by atoms with Crippen LogP contribution in [0.3, 0.4) is 0 Å². The number of hydrogen-bond donors (Lipinski definition) is 0. The topological polar surface area (TPSA) is 29.5 Å². The molecular formula is C12H25NO2. The van der Waals surface area contributed by atoms with Gasteiger partial charge in [0.1, 0.15) is 0 Å². The van der Waals surface area contributed by atoms with Gasteiger partial charge in [0.2, 0.25) is 0 Å². The molecule has 1 unspecified atom stereocenters. The highest BCUT2D eigenvalue weighted by atomic mass is 16.5. The second-order valence-corrected chi connectivity index (χ2v) is 4.51. The minimum atomic E-state index is -0.122. The number of ether oxygens (including phenoxy) is 1. The quantitative estimate of drug-likeness (QED) is 0.637.